The fourth-order valence-electron chi connectivity index (χ4n) is 3.47. The summed E-state index contributed by atoms with van der Waals surface area (Å²) in [5.41, 5.74) is 1.40. The number of hydrogen-bond donors (Lipinski definition) is 1. The molecule has 1 aliphatic rings. The molecule has 1 N–H and O–H groups in total. The van der Waals surface area contributed by atoms with Crippen LogP contribution in [-0.4, -0.2) is 46.3 Å². The highest BCUT2D eigenvalue weighted by Crippen LogP contribution is 2.29. The summed E-state index contributed by atoms with van der Waals surface area (Å²) in [4.78, 5) is 42.2. The summed E-state index contributed by atoms with van der Waals surface area (Å²) in [6.45, 7) is 4.87. The molecule has 2 aromatic carbocycles. The lowest BCUT2D eigenvalue weighted by atomic mass is 10.1. The van der Waals surface area contributed by atoms with Crippen LogP contribution in [0.1, 0.15) is 30.6 Å². The van der Waals surface area contributed by atoms with Crippen molar-refractivity contribution in [2.45, 2.75) is 38.1 Å². The second kappa shape index (κ2) is 10.2. The Labute approximate surface area is 195 Å². The zero-order valence-electron chi connectivity index (χ0n) is 18.5. The Balaban J connectivity index is 1.54. The minimum Gasteiger partial charge on any atom is -0.482 e. The van der Waals surface area contributed by atoms with E-state index in [4.69, 9.17) is 9.47 Å². The summed E-state index contributed by atoms with van der Waals surface area (Å²) in [6.07, 6.45) is 0.777. The second-order valence-corrected chi connectivity index (χ2v) is 8.84. The highest BCUT2D eigenvalue weighted by molar-refractivity contribution is 7.99. The van der Waals surface area contributed by atoms with Gasteiger partial charge in [-0.05, 0) is 50.6 Å². The molecule has 0 spiro atoms. The molecule has 8 nitrogen and oxygen atoms in total. The molecular weight excluding hydrogens is 442 g/mol. The Morgan fingerprint density at radius 3 is 2.88 bits per heavy atom. The van der Waals surface area contributed by atoms with Gasteiger partial charge >= 0.3 is 0 Å². The van der Waals surface area contributed by atoms with E-state index in [-0.39, 0.29) is 35.7 Å². The number of fused-ring (bicyclic) bond motifs is 2. The molecule has 0 unspecified atom stereocenters. The molecule has 1 aliphatic heterocycles. The maximum atomic E-state index is 13.1. The third-order valence-corrected chi connectivity index (χ3v) is 6.05. The third-order valence-electron chi connectivity index (χ3n) is 5.07. The molecule has 1 amide bonds. The number of ketones is 1. The van der Waals surface area contributed by atoms with Gasteiger partial charge in [-0.15, -0.1) is 0 Å². The molecule has 0 radical (unpaired) electrons. The first kappa shape index (κ1) is 23.0. The lowest BCUT2D eigenvalue weighted by Crippen LogP contribution is -2.25. The van der Waals surface area contributed by atoms with E-state index in [0.717, 1.165) is 0 Å². The Bertz CT molecular complexity index is 1250. The molecule has 33 heavy (non-hydrogen) atoms. The number of carbonyl (C=O) groups excluding carboxylic acids is 2. The highest BCUT2D eigenvalue weighted by atomic mass is 32.2. The van der Waals surface area contributed by atoms with Crippen LogP contribution in [0.4, 0.5) is 5.69 Å². The van der Waals surface area contributed by atoms with Crippen LogP contribution < -0.4 is 15.6 Å². The van der Waals surface area contributed by atoms with Crippen LogP contribution >= 0.6 is 11.8 Å². The maximum absolute atomic E-state index is 13.1. The SMILES string of the molecule is CC(C)OCCCn1c(SCC(=O)c2ccc3c(c2)NC(=O)CO3)nc2ccccc2c1=O. The summed E-state index contributed by atoms with van der Waals surface area (Å²) < 4.78 is 12.6. The molecule has 0 atom stereocenters. The van der Waals surface area contributed by atoms with E-state index in [0.29, 0.717) is 52.6 Å². The lowest BCUT2D eigenvalue weighted by molar-refractivity contribution is -0.118. The van der Waals surface area contributed by atoms with Crippen molar-refractivity contribution in [1.82, 2.24) is 9.55 Å². The third kappa shape index (κ3) is 5.43. The normalized spacial score (nSPS) is 13.0. The van der Waals surface area contributed by atoms with E-state index < -0.39 is 0 Å². The van der Waals surface area contributed by atoms with Gasteiger partial charge in [0.25, 0.3) is 11.5 Å². The van der Waals surface area contributed by atoms with E-state index >= 15 is 0 Å². The van der Waals surface area contributed by atoms with Gasteiger partial charge in [-0.1, -0.05) is 23.9 Å². The highest BCUT2D eigenvalue weighted by Gasteiger charge is 2.19. The standard InChI is InChI=1S/C24H25N3O5S/c1-15(2)31-11-5-10-27-23(30)17-6-3-4-7-18(17)26-24(27)33-14-20(28)16-8-9-21-19(12-16)25-22(29)13-32-21/h3-4,6-9,12,15H,5,10-11,13-14H2,1-2H3,(H,25,29). The van der Waals surface area contributed by atoms with E-state index in [1.165, 1.54) is 11.8 Å². The zero-order chi connectivity index (χ0) is 23.4. The van der Waals surface area contributed by atoms with Gasteiger partial charge in [0.2, 0.25) is 0 Å². The van der Waals surface area contributed by atoms with Gasteiger partial charge in [0.15, 0.2) is 17.5 Å². The quantitative estimate of drug-likeness (QED) is 0.222. The Morgan fingerprint density at radius 2 is 2.06 bits per heavy atom. The number of amides is 1. The average molecular weight is 468 g/mol. The van der Waals surface area contributed by atoms with Gasteiger partial charge < -0.3 is 14.8 Å². The van der Waals surface area contributed by atoms with Gasteiger partial charge in [-0.25, -0.2) is 4.98 Å². The minimum absolute atomic E-state index is 0.0382. The van der Waals surface area contributed by atoms with Crippen LogP contribution in [0.25, 0.3) is 10.9 Å². The summed E-state index contributed by atoms with van der Waals surface area (Å²) in [5.74, 6) is 0.236. The number of nitrogens with one attached hydrogen (secondary N) is 1. The van der Waals surface area contributed by atoms with Gasteiger partial charge in [0.05, 0.1) is 28.4 Å². The van der Waals surface area contributed by atoms with Crippen molar-refractivity contribution in [2.75, 3.05) is 24.3 Å². The summed E-state index contributed by atoms with van der Waals surface area (Å²) in [6, 6.07) is 12.1. The number of para-hydroxylation sites is 1. The number of carbonyl (C=O) groups is 2. The predicted molar refractivity (Wildman–Crippen MR) is 127 cm³/mol. The molecule has 2 heterocycles. The number of aromatic nitrogens is 2. The molecule has 0 bridgehead atoms. The van der Waals surface area contributed by atoms with Gasteiger partial charge in [-0.3, -0.25) is 19.0 Å². The first-order chi connectivity index (χ1) is 15.9. The first-order valence-corrected chi connectivity index (χ1v) is 11.7. The van der Waals surface area contributed by atoms with Gasteiger partial charge in [0, 0.05) is 18.7 Å². The van der Waals surface area contributed by atoms with Crippen LogP contribution in [-0.2, 0) is 16.1 Å². The fourth-order valence-corrected chi connectivity index (χ4v) is 4.39. The van der Waals surface area contributed by atoms with Crippen molar-refractivity contribution >= 4 is 40.0 Å². The summed E-state index contributed by atoms with van der Waals surface area (Å²) in [5, 5.41) is 3.75. The first-order valence-electron chi connectivity index (χ1n) is 10.8. The number of Topliss-reactive ketones (excluding diaryl/α,β-unsaturated/α-hetero) is 1. The number of benzene rings is 2. The molecule has 172 valence electrons. The smallest absolute Gasteiger partial charge is 0.262 e. The topological polar surface area (TPSA) is 99.5 Å². The van der Waals surface area contributed by atoms with Crippen LogP contribution in [0.3, 0.4) is 0 Å². The van der Waals surface area contributed by atoms with Crippen molar-refractivity contribution in [1.29, 1.82) is 0 Å². The predicted octanol–water partition coefficient (Wildman–Crippen LogP) is 3.52. The molecule has 0 fully saturated rings. The molecular formula is C24H25N3O5S. The number of nitrogens with zero attached hydrogens (tertiary/aromatic N) is 2. The number of anilines is 1. The lowest BCUT2D eigenvalue weighted by Gasteiger charge is -2.18. The van der Waals surface area contributed by atoms with Crippen molar-refractivity contribution < 1.29 is 19.1 Å². The molecule has 0 aliphatic carbocycles. The Hall–Kier alpha value is -3.17. The number of ether oxygens (including phenoxy) is 2. The van der Waals surface area contributed by atoms with Crippen molar-refractivity contribution in [3.8, 4) is 5.75 Å². The number of hydrogen-bond acceptors (Lipinski definition) is 7. The summed E-state index contributed by atoms with van der Waals surface area (Å²) in [7, 11) is 0. The van der Waals surface area contributed by atoms with E-state index in [1.807, 2.05) is 26.0 Å². The van der Waals surface area contributed by atoms with Crippen LogP contribution in [0, 0.1) is 0 Å². The number of thioether (sulfide) groups is 1. The van der Waals surface area contributed by atoms with E-state index in [1.54, 1.807) is 34.9 Å². The molecule has 3 aromatic rings. The minimum atomic E-state index is -0.257. The fraction of sp³-hybridized carbons (Fsp3) is 0.333. The van der Waals surface area contributed by atoms with Gasteiger partial charge in [-0.2, -0.15) is 0 Å². The van der Waals surface area contributed by atoms with E-state index in [2.05, 4.69) is 10.3 Å². The van der Waals surface area contributed by atoms with Crippen LogP contribution in [0.5, 0.6) is 5.75 Å². The van der Waals surface area contributed by atoms with Crippen molar-refractivity contribution in [2.24, 2.45) is 0 Å². The molecule has 0 saturated carbocycles. The molecule has 9 heteroatoms. The Kier molecular flexibility index (Phi) is 7.10. The van der Waals surface area contributed by atoms with Crippen molar-refractivity contribution in [3.63, 3.8) is 0 Å². The zero-order valence-corrected chi connectivity index (χ0v) is 19.3. The maximum Gasteiger partial charge on any atom is 0.262 e. The number of rotatable bonds is 9. The van der Waals surface area contributed by atoms with Crippen LogP contribution in [0.2, 0.25) is 0 Å². The van der Waals surface area contributed by atoms with Gasteiger partial charge in [0.1, 0.15) is 5.75 Å². The second-order valence-electron chi connectivity index (χ2n) is 7.90. The molecule has 4 rings (SSSR count). The average Bonchev–Trinajstić information content (AvgIpc) is 2.80. The summed E-state index contributed by atoms with van der Waals surface area (Å²) >= 11 is 1.22. The van der Waals surface area contributed by atoms with Crippen LogP contribution in [0.15, 0.2) is 52.4 Å². The van der Waals surface area contributed by atoms with Crippen molar-refractivity contribution in [3.05, 3.63) is 58.4 Å². The monoisotopic (exact) mass is 467 g/mol. The molecule has 1 aromatic heterocycles. The van der Waals surface area contributed by atoms with E-state index in [9.17, 15) is 14.4 Å². The Morgan fingerprint density at radius 1 is 1.24 bits per heavy atom. The molecule has 0 saturated heterocycles. The largest absolute Gasteiger partial charge is 0.482 e.